The summed E-state index contributed by atoms with van der Waals surface area (Å²) in [6, 6.07) is 8.90. The van der Waals surface area contributed by atoms with Crippen molar-refractivity contribution in [3.05, 3.63) is 29.8 Å². The highest BCUT2D eigenvalue weighted by atomic mass is 16.5. The summed E-state index contributed by atoms with van der Waals surface area (Å²) in [5.74, 6) is 0.496. The number of ether oxygens (including phenoxy) is 1. The van der Waals surface area contributed by atoms with E-state index < -0.39 is 0 Å². The van der Waals surface area contributed by atoms with E-state index in [1.54, 1.807) is 0 Å². The second-order valence-electron chi connectivity index (χ2n) is 3.90. The van der Waals surface area contributed by atoms with Gasteiger partial charge in [-0.1, -0.05) is 32.0 Å². The fourth-order valence-electron chi connectivity index (χ4n) is 1.64. The number of hydrogen-bond acceptors (Lipinski definition) is 3. The van der Waals surface area contributed by atoms with Crippen molar-refractivity contribution in [2.75, 3.05) is 18.5 Å². The van der Waals surface area contributed by atoms with Gasteiger partial charge in [0.05, 0.1) is 6.54 Å². The van der Waals surface area contributed by atoms with Crippen LogP contribution in [-0.4, -0.2) is 19.2 Å². The molecule has 2 rings (SSSR count). The predicted octanol–water partition coefficient (Wildman–Crippen LogP) is 2.61. The Morgan fingerprint density at radius 3 is 2.80 bits per heavy atom. The van der Waals surface area contributed by atoms with Gasteiger partial charge in [-0.2, -0.15) is 0 Å². The molecule has 0 bridgehead atoms. The van der Waals surface area contributed by atoms with Crippen molar-refractivity contribution >= 4 is 11.7 Å². The number of aliphatic imine (C=N–C) groups is 1. The van der Waals surface area contributed by atoms with Crippen molar-refractivity contribution in [1.82, 2.24) is 0 Å². The molecule has 0 spiro atoms. The Labute approximate surface area is 90.2 Å². The summed E-state index contributed by atoms with van der Waals surface area (Å²) >= 11 is 0. The van der Waals surface area contributed by atoms with Gasteiger partial charge in [0, 0.05) is 5.69 Å². The minimum Gasteiger partial charge on any atom is -0.463 e. The topological polar surface area (TPSA) is 33.6 Å². The number of para-hydroxylation sites is 1. The SMILES string of the molecule is CC(C)c1ccccc1NC1=NCCO1. The lowest BCUT2D eigenvalue weighted by Gasteiger charge is -2.13. The molecule has 1 aliphatic heterocycles. The lowest BCUT2D eigenvalue weighted by atomic mass is 10.0. The van der Waals surface area contributed by atoms with Gasteiger partial charge >= 0.3 is 0 Å². The fraction of sp³-hybridized carbons (Fsp3) is 0.417. The van der Waals surface area contributed by atoms with Gasteiger partial charge in [-0.25, -0.2) is 4.99 Å². The summed E-state index contributed by atoms with van der Waals surface area (Å²) in [6.45, 7) is 5.80. The van der Waals surface area contributed by atoms with Crippen molar-refractivity contribution in [2.24, 2.45) is 4.99 Å². The highest BCUT2D eigenvalue weighted by Crippen LogP contribution is 2.23. The Balaban J connectivity index is 2.19. The van der Waals surface area contributed by atoms with E-state index in [0.717, 1.165) is 12.2 Å². The number of rotatable bonds is 2. The molecule has 0 fully saturated rings. The number of anilines is 1. The van der Waals surface area contributed by atoms with Crippen LogP contribution in [0.2, 0.25) is 0 Å². The predicted molar refractivity (Wildman–Crippen MR) is 62.4 cm³/mol. The van der Waals surface area contributed by atoms with Crippen molar-refractivity contribution in [2.45, 2.75) is 19.8 Å². The Morgan fingerprint density at radius 1 is 1.33 bits per heavy atom. The molecule has 1 aromatic carbocycles. The summed E-state index contributed by atoms with van der Waals surface area (Å²) in [7, 11) is 0. The maximum atomic E-state index is 5.33. The zero-order valence-electron chi connectivity index (χ0n) is 9.16. The third kappa shape index (κ3) is 2.29. The number of amidine groups is 1. The molecule has 0 aliphatic carbocycles. The molecule has 0 saturated carbocycles. The number of benzene rings is 1. The number of nitrogens with one attached hydrogen (secondary N) is 1. The van der Waals surface area contributed by atoms with Gasteiger partial charge in [0.25, 0.3) is 6.02 Å². The van der Waals surface area contributed by atoms with E-state index in [9.17, 15) is 0 Å². The van der Waals surface area contributed by atoms with E-state index >= 15 is 0 Å². The van der Waals surface area contributed by atoms with Crippen molar-refractivity contribution in [3.8, 4) is 0 Å². The van der Waals surface area contributed by atoms with Crippen molar-refractivity contribution < 1.29 is 4.74 Å². The lowest BCUT2D eigenvalue weighted by molar-refractivity contribution is 0.346. The van der Waals surface area contributed by atoms with E-state index in [1.165, 1.54) is 5.56 Å². The van der Waals surface area contributed by atoms with E-state index in [2.05, 4.69) is 42.4 Å². The Bertz CT molecular complexity index is 372. The van der Waals surface area contributed by atoms with Crippen LogP contribution in [0.5, 0.6) is 0 Å². The summed E-state index contributed by atoms with van der Waals surface area (Å²) < 4.78 is 5.33. The van der Waals surface area contributed by atoms with Gasteiger partial charge in [0.2, 0.25) is 0 Å². The molecule has 1 aromatic rings. The van der Waals surface area contributed by atoms with E-state index in [0.29, 0.717) is 18.5 Å². The summed E-state index contributed by atoms with van der Waals surface area (Å²) in [5.41, 5.74) is 2.38. The molecule has 1 heterocycles. The van der Waals surface area contributed by atoms with Crippen LogP contribution >= 0.6 is 0 Å². The molecule has 1 aliphatic rings. The minimum absolute atomic E-state index is 0.496. The van der Waals surface area contributed by atoms with Gasteiger partial charge in [-0.3, -0.25) is 0 Å². The molecule has 0 aromatic heterocycles. The second-order valence-corrected chi connectivity index (χ2v) is 3.90. The number of hydrogen-bond donors (Lipinski definition) is 1. The van der Waals surface area contributed by atoms with E-state index in [1.807, 2.05) is 6.07 Å². The van der Waals surface area contributed by atoms with Gasteiger partial charge in [0.15, 0.2) is 0 Å². The second kappa shape index (κ2) is 4.34. The van der Waals surface area contributed by atoms with Crippen LogP contribution in [0, 0.1) is 0 Å². The normalized spacial score (nSPS) is 15.0. The maximum absolute atomic E-state index is 5.33. The Hall–Kier alpha value is -1.51. The standard InChI is InChI=1S/C12H16N2O/c1-9(2)10-5-3-4-6-11(10)14-12-13-7-8-15-12/h3-6,9H,7-8H2,1-2H3,(H,13,14). The summed E-state index contributed by atoms with van der Waals surface area (Å²) in [5, 5.41) is 3.22. The third-order valence-electron chi connectivity index (χ3n) is 2.41. The monoisotopic (exact) mass is 204 g/mol. The molecular weight excluding hydrogens is 188 g/mol. The van der Waals surface area contributed by atoms with Gasteiger partial charge in [0.1, 0.15) is 6.61 Å². The Kier molecular flexibility index (Phi) is 2.90. The average molecular weight is 204 g/mol. The first-order valence-corrected chi connectivity index (χ1v) is 5.30. The van der Waals surface area contributed by atoms with Crippen LogP contribution in [0.25, 0.3) is 0 Å². The molecule has 3 heteroatoms. The molecule has 0 radical (unpaired) electrons. The third-order valence-corrected chi connectivity index (χ3v) is 2.41. The zero-order chi connectivity index (χ0) is 10.7. The van der Waals surface area contributed by atoms with Crippen LogP contribution in [0.15, 0.2) is 29.3 Å². The van der Waals surface area contributed by atoms with E-state index in [-0.39, 0.29) is 0 Å². The minimum atomic E-state index is 0.496. The van der Waals surface area contributed by atoms with E-state index in [4.69, 9.17) is 4.74 Å². The van der Waals surface area contributed by atoms with Crippen LogP contribution < -0.4 is 5.32 Å². The summed E-state index contributed by atoms with van der Waals surface area (Å²) in [4.78, 5) is 4.21. The van der Waals surface area contributed by atoms with Crippen molar-refractivity contribution in [1.29, 1.82) is 0 Å². The summed E-state index contributed by atoms with van der Waals surface area (Å²) in [6.07, 6.45) is 0. The lowest BCUT2D eigenvalue weighted by Crippen LogP contribution is -2.13. The van der Waals surface area contributed by atoms with Gasteiger partial charge in [-0.05, 0) is 17.5 Å². The highest BCUT2D eigenvalue weighted by molar-refractivity contribution is 5.90. The molecule has 80 valence electrons. The van der Waals surface area contributed by atoms with Gasteiger partial charge < -0.3 is 10.1 Å². The van der Waals surface area contributed by atoms with Gasteiger partial charge in [-0.15, -0.1) is 0 Å². The molecular formula is C12H16N2O. The fourth-order valence-corrected chi connectivity index (χ4v) is 1.64. The van der Waals surface area contributed by atoms with Crippen LogP contribution in [-0.2, 0) is 4.74 Å². The molecule has 0 amide bonds. The molecule has 15 heavy (non-hydrogen) atoms. The molecule has 0 unspecified atom stereocenters. The molecule has 0 saturated heterocycles. The number of nitrogens with zero attached hydrogens (tertiary/aromatic N) is 1. The molecule has 0 atom stereocenters. The molecule has 3 nitrogen and oxygen atoms in total. The first kappa shape index (κ1) is 10.0. The first-order chi connectivity index (χ1) is 7.27. The quantitative estimate of drug-likeness (QED) is 0.803. The average Bonchev–Trinajstić information content (AvgIpc) is 2.71. The largest absolute Gasteiger partial charge is 0.463 e. The zero-order valence-corrected chi connectivity index (χ0v) is 9.16. The maximum Gasteiger partial charge on any atom is 0.289 e. The molecule has 1 N–H and O–H groups in total. The highest BCUT2D eigenvalue weighted by Gasteiger charge is 2.11. The Morgan fingerprint density at radius 2 is 2.13 bits per heavy atom. The van der Waals surface area contributed by atoms with Crippen LogP contribution in [0.4, 0.5) is 5.69 Å². The smallest absolute Gasteiger partial charge is 0.289 e. The van der Waals surface area contributed by atoms with Crippen LogP contribution in [0.1, 0.15) is 25.3 Å². The first-order valence-electron chi connectivity index (χ1n) is 5.30. The van der Waals surface area contributed by atoms with Crippen molar-refractivity contribution in [3.63, 3.8) is 0 Å². The van der Waals surface area contributed by atoms with Crippen LogP contribution in [0.3, 0.4) is 0 Å².